The molecule has 0 spiro atoms. The molecule has 4 rings (SSSR count). The van der Waals surface area contributed by atoms with Crippen LogP contribution in [-0.4, -0.2) is 40.0 Å². The van der Waals surface area contributed by atoms with Gasteiger partial charge in [0.05, 0.1) is 35.3 Å². The fourth-order valence-corrected chi connectivity index (χ4v) is 4.46. The highest BCUT2D eigenvalue weighted by molar-refractivity contribution is 5.99. The molecule has 1 aromatic carbocycles. The van der Waals surface area contributed by atoms with Crippen molar-refractivity contribution < 1.29 is 4.79 Å². The highest BCUT2D eigenvalue weighted by atomic mass is 16.2. The van der Waals surface area contributed by atoms with Crippen molar-refractivity contribution in [3.05, 3.63) is 42.0 Å². The number of para-hydroxylation sites is 2. The lowest BCUT2D eigenvalue weighted by Crippen LogP contribution is -2.52. The van der Waals surface area contributed by atoms with E-state index in [-0.39, 0.29) is 11.3 Å². The van der Waals surface area contributed by atoms with Gasteiger partial charge in [0.25, 0.3) is 0 Å². The van der Waals surface area contributed by atoms with Crippen molar-refractivity contribution in [3.63, 3.8) is 0 Å². The Hall–Kier alpha value is -2.14. The predicted molar refractivity (Wildman–Crippen MR) is 108 cm³/mol. The zero-order chi connectivity index (χ0) is 19.4. The predicted octanol–water partition coefficient (Wildman–Crippen LogP) is 3.85. The molecule has 1 amide bonds. The van der Waals surface area contributed by atoms with Crippen LogP contribution in [0.5, 0.6) is 0 Å². The fourth-order valence-electron chi connectivity index (χ4n) is 4.46. The summed E-state index contributed by atoms with van der Waals surface area (Å²) in [5.74, 6) is 1.20. The highest BCUT2D eigenvalue weighted by Crippen LogP contribution is 2.44. The van der Waals surface area contributed by atoms with Crippen LogP contribution in [0.25, 0.3) is 5.69 Å². The molecule has 144 valence electrons. The van der Waals surface area contributed by atoms with E-state index in [0.29, 0.717) is 6.54 Å². The van der Waals surface area contributed by atoms with Gasteiger partial charge in [-0.1, -0.05) is 32.9 Å². The molecule has 1 aromatic heterocycles. The molecule has 0 radical (unpaired) electrons. The Morgan fingerprint density at radius 2 is 1.74 bits per heavy atom. The summed E-state index contributed by atoms with van der Waals surface area (Å²) in [6.45, 7) is 13.3. The van der Waals surface area contributed by atoms with Gasteiger partial charge in [0.2, 0.25) is 5.91 Å². The molecule has 0 atom stereocenters. The van der Waals surface area contributed by atoms with Crippen LogP contribution in [0.3, 0.4) is 0 Å². The summed E-state index contributed by atoms with van der Waals surface area (Å²) in [4.78, 5) is 22.4. The number of aromatic nitrogens is 2. The number of carbonyl (C=O) groups excluding carboxylic acids is 1. The van der Waals surface area contributed by atoms with Crippen LogP contribution in [0, 0.1) is 0 Å². The first kappa shape index (κ1) is 18.2. The van der Waals surface area contributed by atoms with E-state index in [2.05, 4.69) is 56.2 Å². The van der Waals surface area contributed by atoms with Crippen molar-refractivity contribution >= 4 is 11.6 Å². The number of imidazole rings is 1. The molecule has 2 aliphatic rings. The zero-order valence-corrected chi connectivity index (χ0v) is 17.1. The van der Waals surface area contributed by atoms with E-state index in [4.69, 9.17) is 4.98 Å². The van der Waals surface area contributed by atoms with Gasteiger partial charge in [0, 0.05) is 5.41 Å². The second-order valence-electron chi connectivity index (χ2n) is 9.31. The summed E-state index contributed by atoms with van der Waals surface area (Å²) in [6, 6.07) is 8.22. The number of benzene rings is 1. The SMILES string of the molecule is CC(C)(C)c1ncc2n1-c1ccccc1N(C(=O)CN1CCCC1)C2(C)C. The first-order valence-electron chi connectivity index (χ1n) is 9.95. The normalized spacial score (nSPS) is 19.1. The van der Waals surface area contributed by atoms with Crippen molar-refractivity contribution in [2.45, 2.75) is 58.4 Å². The fraction of sp³-hybridized carbons (Fsp3) is 0.545. The molecule has 0 bridgehead atoms. The Kier molecular flexibility index (Phi) is 4.18. The smallest absolute Gasteiger partial charge is 0.242 e. The molecule has 1 saturated heterocycles. The van der Waals surface area contributed by atoms with E-state index >= 15 is 0 Å². The summed E-state index contributed by atoms with van der Waals surface area (Å²) in [5.41, 5.74) is 2.55. The van der Waals surface area contributed by atoms with Crippen molar-refractivity contribution in [1.82, 2.24) is 14.5 Å². The van der Waals surface area contributed by atoms with Gasteiger partial charge < -0.3 is 0 Å². The molecule has 2 aliphatic heterocycles. The topological polar surface area (TPSA) is 41.4 Å². The minimum Gasteiger partial charge on any atom is -0.298 e. The van der Waals surface area contributed by atoms with Crippen LogP contribution in [0.1, 0.15) is 59.0 Å². The number of amides is 1. The molecule has 1 fully saturated rings. The Bertz CT molecular complexity index is 869. The van der Waals surface area contributed by atoms with Gasteiger partial charge in [-0.15, -0.1) is 0 Å². The first-order valence-corrected chi connectivity index (χ1v) is 9.95. The van der Waals surface area contributed by atoms with E-state index in [9.17, 15) is 4.79 Å². The lowest BCUT2D eigenvalue weighted by Gasteiger charge is -2.45. The Morgan fingerprint density at radius 1 is 1.11 bits per heavy atom. The van der Waals surface area contributed by atoms with Crippen molar-refractivity contribution in [1.29, 1.82) is 0 Å². The van der Waals surface area contributed by atoms with Crippen molar-refractivity contribution in [2.75, 3.05) is 24.5 Å². The standard InChI is InChI=1S/C22H30N4O/c1-21(2,3)20-23-14-18-22(4,5)26(19(27)15-24-12-8-9-13-24)17-11-7-6-10-16(17)25(18)20/h6-7,10-11,14H,8-9,12-13,15H2,1-5H3. The number of nitrogens with zero attached hydrogens (tertiary/aromatic N) is 4. The van der Waals surface area contributed by atoms with Crippen LogP contribution in [0.4, 0.5) is 5.69 Å². The number of hydrogen-bond donors (Lipinski definition) is 0. The van der Waals surface area contributed by atoms with E-state index < -0.39 is 5.54 Å². The van der Waals surface area contributed by atoms with Gasteiger partial charge in [-0.3, -0.25) is 19.2 Å². The lowest BCUT2D eigenvalue weighted by molar-refractivity contribution is -0.120. The Labute approximate surface area is 162 Å². The van der Waals surface area contributed by atoms with E-state index in [0.717, 1.165) is 36.0 Å². The summed E-state index contributed by atoms with van der Waals surface area (Å²) in [5, 5.41) is 0. The third-order valence-electron chi connectivity index (χ3n) is 5.79. The van der Waals surface area contributed by atoms with Gasteiger partial charge in [0.1, 0.15) is 5.82 Å². The van der Waals surface area contributed by atoms with Crippen LogP contribution in [-0.2, 0) is 15.7 Å². The van der Waals surface area contributed by atoms with Gasteiger partial charge in [-0.2, -0.15) is 0 Å². The number of rotatable bonds is 2. The molecular weight excluding hydrogens is 336 g/mol. The summed E-state index contributed by atoms with van der Waals surface area (Å²) in [6.07, 6.45) is 4.33. The van der Waals surface area contributed by atoms with E-state index in [1.807, 2.05) is 23.2 Å². The number of fused-ring (bicyclic) bond motifs is 3. The average Bonchev–Trinajstić information content (AvgIpc) is 3.23. The van der Waals surface area contributed by atoms with Gasteiger partial charge in [-0.05, 0) is 51.9 Å². The highest BCUT2D eigenvalue weighted by Gasteiger charge is 2.43. The molecule has 5 heteroatoms. The minimum atomic E-state index is -0.457. The number of likely N-dealkylation sites (tertiary alicyclic amines) is 1. The lowest BCUT2D eigenvalue weighted by atomic mass is 9.91. The maximum Gasteiger partial charge on any atom is 0.242 e. The van der Waals surface area contributed by atoms with Gasteiger partial charge in [-0.25, -0.2) is 4.98 Å². The van der Waals surface area contributed by atoms with Crippen molar-refractivity contribution in [3.8, 4) is 5.69 Å². The largest absolute Gasteiger partial charge is 0.298 e. The van der Waals surface area contributed by atoms with Crippen LogP contribution in [0.15, 0.2) is 30.5 Å². The Morgan fingerprint density at radius 3 is 2.37 bits per heavy atom. The Balaban J connectivity index is 1.84. The monoisotopic (exact) mass is 366 g/mol. The summed E-state index contributed by atoms with van der Waals surface area (Å²) < 4.78 is 2.26. The molecule has 5 nitrogen and oxygen atoms in total. The quantitative estimate of drug-likeness (QED) is 0.811. The summed E-state index contributed by atoms with van der Waals surface area (Å²) >= 11 is 0. The average molecular weight is 367 g/mol. The van der Waals surface area contributed by atoms with Gasteiger partial charge in [0.15, 0.2) is 0 Å². The maximum atomic E-state index is 13.4. The van der Waals surface area contributed by atoms with E-state index in [1.54, 1.807) is 0 Å². The third kappa shape index (κ3) is 2.89. The minimum absolute atomic E-state index is 0.0802. The molecule has 0 saturated carbocycles. The van der Waals surface area contributed by atoms with E-state index in [1.165, 1.54) is 12.8 Å². The number of hydrogen-bond acceptors (Lipinski definition) is 3. The number of anilines is 1. The van der Waals surface area contributed by atoms with Crippen LogP contribution in [0.2, 0.25) is 0 Å². The molecule has 27 heavy (non-hydrogen) atoms. The van der Waals surface area contributed by atoms with Gasteiger partial charge >= 0.3 is 0 Å². The molecule has 0 aliphatic carbocycles. The molecule has 3 heterocycles. The first-order chi connectivity index (χ1) is 12.7. The van der Waals surface area contributed by atoms with Crippen LogP contribution >= 0.6 is 0 Å². The molecule has 0 N–H and O–H groups in total. The molecule has 2 aromatic rings. The second-order valence-corrected chi connectivity index (χ2v) is 9.31. The number of carbonyl (C=O) groups is 1. The van der Waals surface area contributed by atoms with Crippen molar-refractivity contribution in [2.24, 2.45) is 0 Å². The van der Waals surface area contributed by atoms with Crippen LogP contribution < -0.4 is 4.90 Å². The second kappa shape index (κ2) is 6.20. The maximum absolute atomic E-state index is 13.4. The zero-order valence-electron chi connectivity index (χ0n) is 17.1. The molecular formula is C22H30N4O. The molecule has 0 unspecified atom stereocenters. The third-order valence-corrected chi connectivity index (χ3v) is 5.79. The summed E-state index contributed by atoms with van der Waals surface area (Å²) in [7, 11) is 0.